The van der Waals surface area contributed by atoms with E-state index in [2.05, 4.69) is 0 Å². The van der Waals surface area contributed by atoms with Crippen molar-refractivity contribution in [3.8, 4) is 0 Å². The van der Waals surface area contributed by atoms with Gasteiger partial charge in [-0.25, -0.2) is 4.79 Å². The van der Waals surface area contributed by atoms with Crippen LogP contribution < -0.4 is 5.69 Å². The molecule has 1 atom stereocenters. The number of hydrogen-bond donors (Lipinski definition) is 0. The Balaban J connectivity index is 2.77. The fourth-order valence-corrected chi connectivity index (χ4v) is 1.37. The van der Waals surface area contributed by atoms with Gasteiger partial charge in [-0.15, -0.1) is 0 Å². The first-order chi connectivity index (χ1) is 7.10. The summed E-state index contributed by atoms with van der Waals surface area (Å²) in [7, 11) is 0. The molecule has 0 aliphatic rings. The van der Waals surface area contributed by atoms with Crippen molar-refractivity contribution in [2.24, 2.45) is 5.92 Å². The zero-order valence-corrected chi connectivity index (χ0v) is 9.56. The first kappa shape index (κ1) is 11.8. The minimum atomic E-state index is -0.103. The summed E-state index contributed by atoms with van der Waals surface area (Å²) in [6.45, 7) is 6.61. The van der Waals surface area contributed by atoms with Gasteiger partial charge in [0.05, 0.1) is 6.54 Å². The summed E-state index contributed by atoms with van der Waals surface area (Å²) in [5, 5.41) is 0. The number of ketones is 1. The van der Waals surface area contributed by atoms with Crippen LogP contribution in [-0.4, -0.2) is 14.9 Å². The van der Waals surface area contributed by atoms with Crippen LogP contribution >= 0.6 is 0 Å². The molecule has 0 aliphatic carbocycles. The molecule has 4 nitrogen and oxygen atoms in total. The van der Waals surface area contributed by atoms with E-state index in [4.69, 9.17) is 0 Å². The summed E-state index contributed by atoms with van der Waals surface area (Å²) >= 11 is 0. The smallest absolute Gasteiger partial charge is 0.300 e. The monoisotopic (exact) mass is 210 g/mol. The highest BCUT2D eigenvalue weighted by atomic mass is 16.2. The van der Waals surface area contributed by atoms with Crippen molar-refractivity contribution in [2.45, 2.75) is 40.3 Å². The molecule has 1 rings (SSSR count). The van der Waals surface area contributed by atoms with Gasteiger partial charge in [0.2, 0.25) is 0 Å². The maximum atomic E-state index is 11.6. The second kappa shape index (κ2) is 4.96. The summed E-state index contributed by atoms with van der Waals surface area (Å²) in [4.78, 5) is 23.2. The Morgan fingerprint density at radius 3 is 2.40 bits per heavy atom. The Hall–Kier alpha value is -1.32. The average molecular weight is 210 g/mol. The molecular formula is C11H18N2O2. The predicted octanol–water partition coefficient (Wildman–Crippen LogP) is 1.28. The van der Waals surface area contributed by atoms with Gasteiger partial charge in [0.25, 0.3) is 0 Å². The minimum absolute atomic E-state index is 0.0295. The van der Waals surface area contributed by atoms with Gasteiger partial charge in [0.15, 0.2) is 5.78 Å². The first-order valence-corrected chi connectivity index (χ1v) is 5.38. The molecule has 4 heteroatoms. The number of imidazole rings is 1. The molecule has 0 saturated carbocycles. The number of aryl methyl sites for hydroxylation is 1. The largest absolute Gasteiger partial charge is 0.328 e. The molecule has 0 amide bonds. The number of carbonyl (C=O) groups excluding carboxylic acids is 1. The quantitative estimate of drug-likeness (QED) is 0.735. The standard InChI is InChI=1S/C11H18N2O2/c1-4-9(3)10(14)8-13-7-6-12(5-2)11(13)15/h6-7,9H,4-5,8H2,1-3H3. The third-order valence-corrected chi connectivity index (χ3v) is 2.75. The van der Waals surface area contributed by atoms with Crippen LogP contribution in [0.15, 0.2) is 17.2 Å². The van der Waals surface area contributed by atoms with E-state index >= 15 is 0 Å². The van der Waals surface area contributed by atoms with E-state index in [1.165, 1.54) is 4.57 Å². The molecule has 0 aliphatic heterocycles. The SMILES string of the molecule is CCC(C)C(=O)Cn1ccn(CC)c1=O. The van der Waals surface area contributed by atoms with Crippen molar-refractivity contribution in [3.63, 3.8) is 0 Å². The molecule has 0 fully saturated rings. The van der Waals surface area contributed by atoms with Gasteiger partial charge in [-0.05, 0) is 13.3 Å². The van der Waals surface area contributed by atoms with Crippen LogP contribution in [0.1, 0.15) is 27.2 Å². The van der Waals surface area contributed by atoms with E-state index in [0.29, 0.717) is 6.54 Å². The zero-order chi connectivity index (χ0) is 11.4. The van der Waals surface area contributed by atoms with Crippen molar-refractivity contribution in [1.29, 1.82) is 0 Å². The maximum absolute atomic E-state index is 11.6. The molecule has 0 spiro atoms. The summed E-state index contributed by atoms with van der Waals surface area (Å²) in [5.41, 5.74) is -0.103. The predicted molar refractivity (Wildman–Crippen MR) is 58.8 cm³/mol. The first-order valence-electron chi connectivity index (χ1n) is 5.38. The molecule has 1 heterocycles. The summed E-state index contributed by atoms with van der Waals surface area (Å²) in [6, 6.07) is 0. The van der Waals surface area contributed by atoms with Gasteiger partial charge in [-0.3, -0.25) is 13.9 Å². The Morgan fingerprint density at radius 2 is 1.93 bits per heavy atom. The normalized spacial score (nSPS) is 12.7. The van der Waals surface area contributed by atoms with Crippen LogP contribution in [0.25, 0.3) is 0 Å². The van der Waals surface area contributed by atoms with E-state index in [0.717, 1.165) is 6.42 Å². The van der Waals surface area contributed by atoms with Gasteiger partial charge in [0.1, 0.15) is 0 Å². The Morgan fingerprint density at radius 1 is 1.33 bits per heavy atom. The third-order valence-electron chi connectivity index (χ3n) is 2.75. The van der Waals surface area contributed by atoms with Crippen molar-refractivity contribution in [2.75, 3.05) is 0 Å². The van der Waals surface area contributed by atoms with Gasteiger partial charge < -0.3 is 0 Å². The van der Waals surface area contributed by atoms with Gasteiger partial charge in [0, 0.05) is 24.9 Å². The zero-order valence-electron chi connectivity index (χ0n) is 9.56. The van der Waals surface area contributed by atoms with Crippen LogP contribution in [0, 0.1) is 5.92 Å². The lowest BCUT2D eigenvalue weighted by atomic mass is 10.0. The van der Waals surface area contributed by atoms with Crippen LogP contribution in [0.2, 0.25) is 0 Å². The number of nitrogens with zero attached hydrogens (tertiary/aromatic N) is 2. The minimum Gasteiger partial charge on any atom is -0.300 e. The Kier molecular flexibility index (Phi) is 3.88. The topological polar surface area (TPSA) is 44.0 Å². The molecule has 1 unspecified atom stereocenters. The molecule has 0 N–H and O–H groups in total. The van der Waals surface area contributed by atoms with Crippen LogP contribution in [0.3, 0.4) is 0 Å². The molecule has 0 saturated heterocycles. The second-order valence-corrected chi connectivity index (χ2v) is 3.77. The molecule has 15 heavy (non-hydrogen) atoms. The van der Waals surface area contributed by atoms with E-state index in [1.54, 1.807) is 17.0 Å². The van der Waals surface area contributed by atoms with Crippen molar-refractivity contribution in [1.82, 2.24) is 9.13 Å². The fraction of sp³-hybridized carbons (Fsp3) is 0.636. The molecule has 0 bridgehead atoms. The summed E-state index contributed by atoms with van der Waals surface area (Å²) < 4.78 is 3.06. The molecule has 1 aromatic rings. The highest BCUT2D eigenvalue weighted by molar-refractivity contribution is 5.80. The van der Waals surface area contributed by atoms with E-state index in [1.807, 2.05) is 20.8 Å². The van der Waals surface area contributed by atoms with Crippen LogP contribution in [0.4, 0.5) is 0 Å². The number of aromatic nitrogens is 2. The maximum Gasteiger partial charge on any atom is 0.328 e. The third kappa shape index (κ3) is 2.58. The van der Waals surface area contributed by atoms with E-state index in [-0.39, 0.29) is 23.9 Å². The summed E-state index contributed by atoms with van der Waals surface area (Å²) in [6.07, 6.45) is 4.21. The number of carbonyl (C=O) groups is 1. The van der Waals surface area contributed by atoms with Gasteiger partial charge in [-0.1, -0.05) is 13.8 Å². The highest BCUT2D eigenvalue weighted by Crippen LogP contribution is 2.03. The van der Waals surface area contributed by atoms with E-state index < -0.39 is 0 Å². The summed E-state index contributed by atoms with van der Waals surface area (Å²) in [5.74, 6) is 0.148. The fourth-order valence-electron chi connectivity index (χ4n) is 1.37. The van der Waals surface area contributed by atoms with Gasteiger partial charge >= 0.3 is 5.69 Å². The van der Waals surface area contributed by atoms with Crippen molar-refractivity contribution < 1.29 is 4.79 Å². The number of rotatable bonds is 5. The van der Waals surface area contributed by atoms with Crippen molar-refractivity contribution >= 4 is 5.78 Å². The molecule has 0 radical (unpaired) electrons. The van der Waals surface area contributed by atoms with Crippen LogP contribution in [-0.2, 0) is 17.9 Å². The van der Waals surface area contributed by atoms with E-state index in [9.17, 15) is 9.59 Å². The van der Waals surface area contributed by atoms with Crippen molar-refractivity contribution in [3.05, 3.63) is 22.9 Å². The molecule has 0 aromatic carbocycles. The Bertz CT molecular complexity index is 390. The Labute approximate surface area is 89.5 Å². The highest BCUT2D eigenvalue weighted by Gasteiger charge is 2.12. The van der Waals surface area contributed by atoms with Gasteiger partial charge in [-0.2, -0.15) is 0 Å². The molecule has 84 valence electrons. The number of Topliss-reactive ketones (excluding diaryl/α,β-unsaturated/α-hetero) is 1. The molecule has 1 aromatic heterocycles. The lowest BCUT2D eigenvalue weighted by molar-refractivity contribution is -0.123. The molecular weight excluding hydrogens is 192 g/mol. The second-order valence-electron chi connectivity index (χ2n) is 3.77. The number of hydrogen-bond acceptors (Lipinski definition) is 2. The lowest BCUT2D eigenvalue weighted by Crippen LogP contribution is -2.28. The lowest BCUT2D eigenvalue weighted by Gasteiger charge is -2.06. The van der Waals surface area contributed by atoms with Crippen LogP contribution in [0.5, 0.6) is 0 Å². The average Bonchev–Trinajstić information content (AvgIpc) is 2.58.